The predicted molar refractivity (Wildman–Crippen MR) is 77.5 cm³/mol. The lowest BCUT2D eigenvalue weighted by Crippen LogP contribution is -2.10. The van der Waals surface area contributed by atoms with Gasteiger partial charge in [0.25, 0.3) is -0.379 Å². The molecule has 0 saturated carbocycles. The summed E-state index contributed by atoms with van der Waals surface area (Å²) in [7, 11) is 1.56. The highest BCUT2D eigenvalue weighted by Crippen LogP contribution is 2.37. The van der Waals surface area contributed by atoms with E-state index in [1.165, 1.54) is 6.26 Å². The Bertz CT molecular complexity index is 216. The molecule has 0 aliphatic rings. The largest absolute Gasteiger partial charge is 0.467 e. The first-order valence-electron chi connectivity index (χ1n) is 2.97. The maximum absolute atomic E-state index is 10.9. The molecule has 0 unspecified atom stereocenters. The molecule has 0 spiro atoms. The van der Waals surface area contributed by atoms with Crippen molar-refractivity contribution in [2.45, 2.75) is 6.44 Å². The predicted octanol–water partition coefficient (Wildman–Crippen LogP) is 3.21. The zero-order valence-electron chi connectivity index (χ0n) is 6.39. The molecule has 0 fully saturated rings. The fourth-order valence-corrected chi connectivity index (χ4v) is 0.879. The van der Waals surface area contributed by atoms with E-state index in [9.17, 15) is 4.79 Å². The summed E-state index contributed by atoms with van der Waals surface area (Å²) in [4.78, 5) is 10.9. The van der Waals surface area contributed by atoms with E-state index in [0.717, 1.165) is 0 Å². The molecular weight excluding hydrogens is 535 g/mol. The lowest BCUT2D eigenvalue weighted by molar-refractivity contribution is -0.129. The normalized spacial score (nSPS) is 12.2. The monoisotopic (exact) mass is 539 g/mol. The number of rotatable bonds is 4. The van der Waals surface area contributed by atoms with Crippen LogP contribution in [0.4, 0.5) is 0 Å². The average Bonchev–Trinajstić information content (AvgIpc) is 2.03. The van der Waals surface area contributed by atoms with Crippen molar-refractivity contribution in [2.75, 3.05) is 0 Å². The Balaban J connectivity index is 4.32. The van der Waals surface area contributed by atoms with Crippen LogP contribution in [0.2, 0.25) is 6.82 Å². The quantitative estimate of drug-likeness (QED) is 0.181. The van der Waals surface area contributed by atoms with Gasteiger partial charge in [-0.3, -0.25) is 0 Å². The first-order chi connectivity index (χ1) is 5.90. The molecule has 8 heteroatoms. The zero-order valence-corrected chi connectivity index (χ0v) is 13.6. The van der Waals surface area contributed by atoms with Crippen LogP contribution in [-0.4, -0.2) is 12.9 Å². The van der Waals surface area contributed by atoms with E-state index in [1.807, 2.05) is 0 Å². The molecule has 0 aromatic heterocycles. The number of carbonyl (C=O) groups excluding carboxylic acids is 1. The third kappa shape index (κ3) is 7.48. The lowest BCUT2D eigenvalue weighted by atomic mass is 9.73. The Labute approximate surface area is 123 Å². The Kier molecular flexibility index (Phi) is 7.76. The van der Waals surface area contributed by atoms with Crippen LogP contribution in [0.25, 0.3) is 0 Å². The van der Waals surface area contributed by atoms with Crippen LogP contribution in [0.3, 0.4) is 0 Å². The maximum atomic E-state index is 10.9. The number of hydrogen-bond donors (Lipinski definition) is 0. The van der Waals surface area contributed by atoms with Crippen molar-refractivity contribution in [1.82, 2.24) is 0 Å². The molecule has 13 heavy (non-hydrogen) atoms. The highest BCUT2D eigenvalue weighted by Gasteiger charge is 2.18. The van der Waals surface area contributed by atoms with Crippen LogP contribution >= 0.6 is 79.6 Å². The molecule has 0 N–H and O–H groups in total. The van der Waals surface area contributed by atoms with Gasteiger partial charge in [0, 0.05) is 5.47 Å². The second-order valence-corrected chi connectivity index (χ2v) is 12.7. The molecule has 0 heterocycles. The van der Waals surface area contributed by atoms with Crippen molar-refractivity contribution in [3.05, 3.63) is 11.7 Å². The first-order valence-corrected chi connectivity index (χ1v) is 6.52. The summed E-state index contributed by atoms with van der Waals surface area (Å²) < 4.78 is 8.80. The van der Waals surface area contributed by atoms with Gasteiger partial charge in [-0.05, 0) is 67.8 Å². The summed E-state index contributed by atoms with van der Waals surface area (Å²) in [6.07, 6.45) is 1.32. The van der Waals surface area contributed by atoms with Crippen molar-refractivity contribution >= 4 is 92.9 Å². The fourth-order valence-electron chi connectivity index (χ4n) is 0.409. The molecule has 0 saturated heterocycles. The Hall–Kier alpha value is 1.55. The highest BCUT2D eigenvalue weighted by atomic mass is 127. The van der Waals surface area contributed by atoms with Gasteiger partial charge in [-0.1, -0.05) is 6.82 Å². The van der Waals surface area contributed by atoms with Crippen molar-refractivity contribution in [3.8, 4) is 0 Å². The zero-order chi connectivity index (χ0) is 10.5. The van der Waals surface area contributed by atoms with Gasteiger partial charge in [0.1, 0.15) is 11.9 Å². The van der Waals surface area contributed by atoms with Crippen LogP contribution in [0.1, 0.15) is 0 Å². The summed E-state index contributed by atoms with van der Waals surface area (Å²) in [5, 5.41) is 0. The van der Waals surface area contributed by atoms with Gasteiger partial charge >= 0.3 is 5.97 Å². The Morgan fingerprint density at radius 1 is 1.54 bits per heavy atom. The molecule has 0 aliphatic carbocycles. The topological polar surface area (TPSA) is 35.5 Å². The third-order valence-electron chi connectivity index (χ3n) is 0.936. The summed E-state index contributed by atoms with van der Waals surface area (Å²) in [6, 6.07) is 0. The first kappa shape index (κ1) is 14.6. The summed E-state index contributed by atoms with van der Waals surface area (Å²) in [5.74, 6) is -0.627. The number of hydrogen-bond acceptors (Lipinski definition) is 3. The molecule has 3 nitrogen and oxygen atoms in total. The van der Waals surface area contributed by atoms with Crippen molar-refractivity contribution in [2.24, 2.45) is 0 Å². The van der Waals surface area contributed by atoms with Gasteiger partial charge in [-0.2, -0.15) is 0 Å². The van der Waals surface area contributed by atoms with Crippen LogP contribution < -0.4 is 0 Å². The number of ether oxygens (including phenoxy) is 1. The maximum Gasteiger partial charge on any atom is 0.345 e. The summed E-state index contributed by atoms with van der Waals surface area (Å²) in [6.45, 7) is 1.69. The van der Waals surface area contributed by atoms with Gasteiger partial charge in [-0.15, -0.1) is 0 Å². The molecule has 0 atom stereocenters. The Morgan fingerprint density at radius 3 is 2.38 bits per heavy atom. The van der Waals surface area contributed by atoms with E-state index in [0.29, 0.717) is 0 Å². The molecule has 1 radical (unpaired) electrons. The van der Waals surface area contributed by atoms with Gasteiger partial charge in [-0.25, -0.2) is 4.79 Å². The van der Waals surface area contributed by atoms with E-state index < -0.39 is 5.59 Å². The minimum Gasteiger partial charge on any atom is -0.467 e. The van der Waals surface area contributed by atoms with Crippen molar-refractivity contribution in [1.29, 1.82) is 0 Å². The smallest absolute Gasteiger partial charge is 0.345 e. The minimum absolute atomic E-state index is 0.282. The van der Waals surface area contributed by atoms with Crippen LogP contribution in [0.15, 0.2) is 11.7 Å². The fraction of sp³-hybridized carbons (Fsp3) is 0.400. The molecule has 0 aliphatic heterocycles. The van der Waals surface area contributed by atoms with Gasteiger partial charge in [0.05, 0.1) is 6.26 Å². The van der Waals surface area contributed by atoms with Crippen LogP contribution in [0.5, 0.6) is 0 Å². The van der Waals surface area contributed by atoms with E-state index >= 15 is 0 Å². The average molecular weight is 539 g/mol. The lowest BCUT2D eigenvalue weighted by Gasteiger charge is -2.12. The molecule has 0 amide bonds. The molecule has 73 valence electrons. The molecular formula is C5H4BClI3O3. The molecule has 0 rings (SSSR count). The van der Waals surface area contributed by atoms with Crippen molar-refractivity contribution < 1.29 is 13.8 Å². The number of alkyl halides is 3. The van der Waals surface area contributed by atoms with Crippen LogP contribution in [0, 0.1) is 0 Å². The van der Waals surface area contributed by atoms with Gasteiger partial charge in [0.15, 0.2) is 7.28 Å². The summed E-state index contributed by atoms with van der Waals surface area (Å²) in [5.41, 5.74) is 0.282. The number of carbonyl (C=O) groups is 1. The SMILES string of the molecule is C[B]/C(=C\OC(I)(I)I)C(=O)OCl. The van der Waals surface area contributed by atoms with E-state index in [2.05, 4.69) is 72.1 Å². The van der Waals surface area contributed by atoms with Crippen molar-refractivity contribution in [3.63, 3.8) is 0 Å². The van der Waals surface area contributed by atoms with Gasteiger partial charge < -0.3 is 9.03 Å². The van der Waals surface area contributed by atoms with Gasteiger partial charge in [0.2, 0.25) is 0 Å². The standard InChI is InChI=1S/C5H4BClI3O3/c1-6-3(4(11)13-7)2-12-5(8,9)10/h2H,1H3/b3-2-. The Morgan fingerprint density at radius 2 is 2.08 bits per heavy atom. The van der Waals surface area contributed by atoms with E-state index in [1.54, 1.807) is 14.1 Å². The second-order valence-electron chi connectivity index (χ2n) is 1.79. The second kappa shape index (κ2) is 6.93. The highest BCUT2D eigenvalue weighted by molar-refractivity contribution is 14.3. The molecule has 0 bridgehead atoms. The molecule has 0 aromatic rings. The summed E-state index contributed by atoms with van der Waals surface area (Å²) >= 11 is 11.1. The molecule has 0 aromatic carbocycles. The third-order valence-corrected chi connectivity index (χ3v) is 1.84. The van der Waals surface area contributed by atoms with Crippen LogP contribution in [-0.2, 0) is 13.8 Å². The number of halogens is 4. The van der Waals surface area contributed by atoms with E-state index in [-0.39, 0.29) is 5.47 Å². The van der Waals surface area contributed by atoms with E-state index in [4.69, 9.17) is 16.6 Å². The minimum atomic E-state index is -0.627.